The van der Waals surface area contributed by atoms with Crippen LogP contribution in [0.2, 0.25) is 0 Å². The lowest BCUT2D eigenvalue weighted by atomic mass is 10.1. The van der Waals surface area contributed by atoms with Crippen molar-refractivity contribution < 1.29 is 0 Å². The first-order valence-corrected chi connectivity index (χ1v) is 9.03. The second-order valence-corrected chi connectivity index (χ2v) is 7.21. The van der Waals surface area contributed by atoms with Crippen molar-refractivity contribution in [2.24, 2.45) is 16.6 Å². The number of nitrogens with two attached hydrogens (primary N) is 1. The molecule has 2 aromatic carbocycles. The van der Waals surface area contributed by atoms with Crippen LogP contribution in [-0.4, -0.2) is 25.6 Å². The first kappa shape index (κ1) is 20.0. The number of benzene rings is 2. The van der Waals surface area contributed by atoms with Crippen LogP contribution in [0.5, 0.6) is 0 Å². The third kappa shape index (κ3) is 5.88. The van der Waals surface area contributed by atoms with Crippen LogP contribution in [0.1, 0.15) is 12.0 Å². The normalized spacial score (nSPS) is 17.3. The maximum Gasteiger partial charge on any atom is 0.193 e. The van der Waals surface area contributed by atoms with Crippen LogP contribution in [0, 0.1) is 12.8 Å². The largest absolute Gasteiger partial charge is 0.371 e. The van der Waals surface area contributed by atoms with Gasteiger partial charge in [0.25, 0.3) is 0 Å². The van der Waals surface area contributed by atoms with E-state index in [0.717, 1.165) is 36.2 Å². The Hall–Kier alpha value is -1.28. The third-order valence-electron chi connectivity index (χ3n) is 4.30. The Labute approximate surface area is 175 Å². The van der Waals surface area contributed by atoms with Crippen molar-refractivity contribution in [2.45, 2.75) is 13.3 Å². The number of nitrogens with one attached hydrogen (secondary N) is 1. The molecule has 1 atom stereocenters. The third-order valence-corrected chi connectivity index (χ3v) is 4.80. The molecule has 0 saturated carbocycles. The minimum Gasteiger partial charge on any atom is -0.371 e. The Morgan fingerprint density at radius 1 is 1.28 bits per heavy atom. The summed E-state index contributed by atoms with van der Waals surface area (Å²) in [5.41, 5.74) is 9.48. The fourth-order valence-electron chi connectivity index (χ4n) is 2.94. The number of aliphatic imine (C=N–C) groups is 1. The van der Waals surface area contributed by atoms with Gasteiger partial charge in [0.05, 0.1) is 0 Å². The summed E-state index contributed by atoms with van der Waals surface area (Å²) in [6.07, 6.45) is 1.15. The maximum atomic E-state index is 6.01. The average Bonchev–Trinajstić information content (AvgIpc) is 3.04. The van der Waals surface area contributed by atoms with E-state index in [4.69, 9.17) is 5.73 Å². The van der Waals surface area contributed by atoms with E-state index in [1.54, 1.807) is 0 Å². The minimum absolute atomic E-state index is 0. The quantitative estimate of drug-likeness (QED) is 0.355. The van der Waals surface area contributed by atoms with Crippen LogP contribution in [0.15, 0.2) is 58.0 Å². The molecule has 0 aromatic heterocycles. The van der Waals surface area contributed by atoms with E-state index >= 15 is 0 Å². The van der Waals surface area contributed by atoms with Crippen LogP contribution in [0.25, 0.3) is 0 Å². The van der Waals surface area contributed by atoms with Crippen molar-refractivity contribution in [3.05, 3.63) is 58.6 Å². The molecule has 1 heterocycles. The average molecular weight is 515 g/mol. The topological polar surface area (TPSA) is 53.6 Å². The molecular weight excluding hydrogens is 491 g/mol. The fourth-order valence-corrected chi connectivity index (χ4v) is 3.33. The van der Waals surface area contributed by atoms with Gasteiger partial charge in [0.15, 0.2) is 5.96 Å². The van der Waals surface area contributed by atoms with Crippen molar-refractivity contribution in [1.29, 1.82) is 0 Å². The highest BCUT2D eigenvalue weighted by Gasteiger charge is 2.22. The zero-order chi connectivity index (χ0) is 16.9. The predicted molar refractivity (Wildman–Crippen MR) is 121 cm³/mol. The van der Waals surface area contributed by atoms with Gasteiger partial charge >= 0.3 is 0 Å². The van der Waals surface area contributed by atoms with E-state index in [0.29, 0.717) is 11.9 Å². The Morgan fingerprint density at radius 2 is 2.04 bits per heavy atom. The molecule has 6 heteroatoms. The number of hydrogen-bond acceptors (Lipinski definition) is 2. The smallest absolute Gasteiger partial charge is 0.193 e. The summed E-state index contributed by atoms with van der Waals surface area (Å²) in [6.45, 7) is 4.92. The Kier molecular flexibility index (Phi) is 7.56. The summed E-state index contributed by atoms with van der Waals surface area (Å²) in [4.78, 5) is 6.93. The van der Waals surface area contributed by atoms with E-state index in [1.165, 1.54) is 11.3 Å². The standard InChI is InChI=1S/C19H23BrN4.HI/c1-14-5-7-17(8-6-14)23-19(21)22-12-15-9-10-24(13-15)18-4-2-3-16(20)11-18;/h2-8,11,15H,9-10,12-13H2,1H3,(H3,21,22,23);1H. The van der Waals surface area contributed by atoms with Crippen LogP contribution >= 0.6 is 39.9 Å². The lowest BCUT2D eigenvalue weighted by Crippen LogP contribution is -2.25. The molecule has 4 nitrogen and oxygen atoms in total. The highest BCUT2D eigenvalue weighted by atomic mass is 127. The highest BCUT2D eigenvalue weighted by molar-refractivity contribution is 14.0. The Bertz CT molecular complexity index is 718. The van der Waals surface area contributed by atoms with Gasteiger partial charge in [-0.2, -0.15) is 0 Å². The molecule has 134 valence electrons. The summed E-state index contributed by atoms with van der Waals surface area (Å²) >= 11 is 3.54. The van der Waals surface area contributed by atoms with Crippen molar-refractivity contribution in [1.82, 2.24) is 0 Å². The van der Waals surface area contributed by atoms with Crippen molar-refractivity contribution >= 4 is 57.2 Å². The van der Waals surface area contributed by atoms with E-state index in [-0.39, 0.29) is 24.0 Å². The number of aryl methyl sites for hydroxylation is 1. The molecule has 0 radical (unpaired) electrons. The molecule has 1 saturated heterocycles. The van der Waals surface area contributed by atoms with Crippen molar-refractivity contribution in [3.8, 4) is 0 Å². The fraction of sp³-hybridized carbons (Fsp3) is 0.316. The van der Waals surface area contributed by atoms with Gasteiger partial charge in [-0.3, -0.25) is 4.99 Å². The van der Waals surface area contributed by atoms with Gasteiger partial charge in [-0.25, -0.2) is 0 Å². The monoisotopic (exact) mass is 514 g/mol. The van der Waals surface area contributed by atoms with Crippen LogP contribution in [0.4, 0.5) is 11.4 Å². The number of guanidine groups is 1. The molecule has 0 amide bonds. The van der Waals surface area contributed by atoms with Gasteiger partial charge in [0, 0.05) is 35.5 Å². The molecule has 0 bridgehead atoms. The van der Waals surface area contributed by atoms with Crippen molar-refractivity contribution in [3.63, 3.8) is 0 Å². The first-order valence-electron chi connectivity index (χ1n) is 8.24. The maximum absolute atomic E-state index is 6.01. The number of hydrogen-bond donors (Lipinski definition) is 2. The van der Waals surface area contributed by atoms with Gasteiger partial charge in [0.2, 0.25) is 0 Å². The van der Waals surface area contributed by atoms with Gasteiger partial charge in [0.1, 0.15) is 0 Å². The molecule has 1 aliphatic rings. The van der Waals surface area contributed by atoms with Gasteiger partial charge < -0.3 is 16.0 Å². The van der Waals surface area contributed by atoms with Crippen LogP contribution < -0.4 is 16.0 Å². The first-order chi connectivity index (χ1) is 11.6. The highest BCUT2D eigenvalue weighted by Crippen LogP contribution is 2.26. The van der Waals surface area contributed by atoms with E-state index in [1.807, 2.05) is 12.1 Å². The molecular formula is C19H24BrIN4. The second kappa shape index (κ2) is 9.43. The molecule has 1 fully saturated rings. The second-order valence-electron chi connectivity index (χ2n) is 6.30. The Morgan fingerprint density at radius 3 is 2.76 bits per heavy atom. The van der Waals surface area contributed by atoms with Gasteiger partial charge in [-0.05, 0) is 49.6 Å². The molecule has 2 aromatic rings. The van der Waals surface area contributed by atoms with Crippen LogP contribution in [-0.2, 0) is 0 Å². The van der Waals surface area contributed by atoms with Crippen molar-refractivity contribution in [2.75, 3.05) is 29.9 Å². The summed E-state index contributed by atoms with van der Waals surface area (Å²) in [5, 5.41) is 3.15. The van der Waals surface area contributed by atoms with Crippen LogP contribution in [0.3, 0.4) is 0 Å². The minimum atomic E-state index is 0. The van der Waals surface area contributed by atoms with Gasteiger partial charge in [-0.1, -0.05) is 39.7 Å². The SMILES string of the molecule is Cc1ccc(NC(N)=NCC2CCN(c3cccc(Br)c3)C2)cc1.I. The lowest BCUT2D eigenvalue weighted by molar-refractivity contribution is 0.603. The summed E-state index contributed by atoms with van der Waals surface area (Å²) in [7, 11) is 0. The summed E-state index contributed by atoms with van der Waals surface area (Å²) in [6, 6.07) is 16.6. The summed E-state index contributed by atoms with van der Waals surface area (Å²) in [5.74, 6) is 1.03. The molecule has 3 N–H and O–H groups in total. The van der Waals surface area contributed by atoms with Gasteiger partial charge in [-0.15, -0.1) is 24.0 Å². The zero-order valence-corrected chi connectivity index (χ0v) is 18.2. The molecule has 0 spiro atoms. The molecule has 3 rings (SSSR count). The predicted octanol–water partition coefficient (Wildman–Crippen LogP) is 4.63. The molecule has 1 unspecified atom stereocenters. The number of anilines is 2. The lowest BCUT2D eigenvalue weighted by Gasteiger charge is -2.18. The molecule has 1 aliphatic heterocycles. The zero-order valence-electron chi connectivity index (χ0n) is 14.3. The Balaban J connectivity index is 0.00000225. The summed E-state index contributed by atoms with van der Waals surface area (Å²) < 4.78 is 1.12. The van der Waals surface area contributed by atoms with E-state index in [2.05, 4.69) is 74.5 Å². The number of nitrogens with zero attached hydrogens (tertiary/aromatic N) is 2. The number of halogens is 2. The molecule has 0 aliphatic carbocycles. The van der Waals surface area contributed by atoms with E-state index in [9.17, 15) is 0 Å². The molecule has 25 heavy (non-hydrogen) atoms. The van der Waals surface area contributed by atoms with E-state index < -0.39 is 0 Å². The number of rotatable bonds is 4.